The summed E-state index contributed by atoms with van der Waals surface area (Å²) < 4.78 is 7.13. The Bertz CT molecular complexity index is 572. The lowest BCUT2D eigenvalue weighted by atomic mass is 10.1. The number of hydrogen-bond acceptors (Lipinski definition) is 4. The zero-order valence-corrected chi connectivity index (χ0v) is 14.6. The summed E-state index contributed by atoms with van der Waals surface area (Å²) in [6.45, 7) is 5.18. The number of anilines is 1. The fourth-order valence-corrected chi connectivity index (χ4v) is 2.33. The van der Waals surface area contributed by atoms with E-state index in [1.807, 2.05) is 24.3 Å². The van der Waals surface area contributed by atoms with Crippen molar-refractivity contribution < 1.29 is 4.74 Å². The molecule has 1 heterocycles. The van der Waals surface area contributed by atoms with Gasteiger partial charge in [-0.15, -0.1) is 0 Å². The highest BCUT2D eigenvalue weighted by Gasteiger charge is 2.12. The molecule has 0 aliphatic heterocycles. The maximum atomic E-state index is 5.94. The predicted octanol–water partition coefficient (Wildman–Crippen LogP) is 4.65. The van der Waals surface area contributed by atoms with Crippen molar-refractivity contribution in [2.45, 2.75) is 33.1 Å². The van der Waals surface area contributed by atoms with Gasteiger partial charge in [0.1, 0.15) is 17.9 Å². The molecule has 0 unspecified atom stereocenters. The Balaban J connectivity index is 2.26. The number of ether oxygens (including phenoxy) is 1. The third-order valence-electron chi connectivity index (χ3n) is 2.98. The lowest BCUT2D eigenvalue weighted by molar-refractivity contribution is 0.454. The first-order chi connectivity index (χ1) is 10.2. The van der Waals surface area contributed by atoms with Crippen LogP contribution in [0.5, 0.6) is 11.6 Å². The molecule has 0 radical (unpaired) electrons. The predicted molar refractivity (Wildman–Crippen MR) is 94.0 cm³/mol. The quantitative estimate of drug-likeness (QED) is 0.692. The van der Waals surface area contributed by atoms with Gasteiger partial charge in [0.25, 0.3) is 0 Å². The molecule has 1 aromatic carbocycles. The van der Waals surface area contributed by atoms with E-state index in [0.29, 0.717) is 5.88 Å². The van der Waals surface area contributed by atoms with Gasteiger partial charge in [0.05, 0.1) is 5.56 Å². The van der Waals surface area contributed by atoms with E-state index < -0.39 is 0 Å². The third-order valence-corrected chi connectivity index (χ3v) is 3.70. The summed E-state index contributed by atoms with van der Waals surface area (Å²) in [6.07, 6.45) is 4.53. The van der Waals surface area contributed by atoms with Crippen LogP contribution in [0, 0.1) is 3.57 Å². The third kappa shape index (κ3) is 4.56. The SMILES string of the molecule is CCCNc1ncnc(Oc2ccc(I)cc2)c1CCC. The van der Waals surface area contributed by atoms with Gasteiger partial charge in [-0.1, -0.05) is 20.3 Å². The molecule has 1 aromatic heterocycles. The number of aromatic nitrogens is 2. The first kappa shape index (κ1) is 16.0. The Labute approximate surface area is 139 Å². The highest BCUT2D eigenvalue weighted by atomic mass is 127. The van der Waals surface area contributed by atoms with Gasteiger partial charge in [-0.2, -0.15) is 0 Å². The average Bonchev–Trinajstić information content (AvgIpc) is 2.50. The first-order valence-corrected chi connectivity index (χ1v) is 8.33. The smallest absolute Gasteiger partial charge is 0.227 e. The molecule has 0 atom stereocenters. The van der Waals surface area contributed by atoms with Gasteiger partial charge in [0.2, 0.25) is 5.88 Å². The Kier molecular flexibility index (Phi) is 6.22. The summed E-state index contributed by atoms with van der Waals surface area (Å²) in [5.74, 6) is 2.33. The zero-order chi connectivity index (χ0) is 15.1. The lowest BCUT2D eigenvalue weighted by Crippen LogP contribution is -2.07. The Morgan fingerprint density at radius 1 is 1.10 bits per heavy atom. The van der Waals surface area contributed by atoms with E-state index in [1.54, 1.807) is 6.33 Å². The van der Waals surface area contributed by atoms with Crippen molar-refractivity contribution in [1.29, 1.82) is 0 Å². The number of hydrogen-bond donors (Lipinski definition) is 1. The van der Waals surface area contributed by atoms with Crippen molar-refractivity contribution in [1.82, 2.24) is 9.97 Å². The van der Waals surface area contributed by atoms with Crippen LogP contribution in [-0.2, 0) is 6.42 Å². The van der Waals surface area contributed by atoms with Crippen molar-refractivity contribution in [2.75, 3.05) is 11.9 Å². The molecule has 0 aliphatic carbocycles. The maximum Gasteiger partial charge on any atom is 0.227 e. The summed E-state index contributed by atoms with van der Waals surface area (Å²) in [4.78, 5) is 8.66. The van der Waals surface area contributed by atoms with Crippen molar-refractivity contribution in [3.8, 4) is 11.6 Å². The second-order valence-electron chi connectivity index (χ2n) is 4.74. The summed E-state index contributed by atoms with van der Waals surface area (Å²) in [5.41, 5.74) is 1.05. The first-order valence-electron chi connectivity index (χ1n) is 7.25. The second-order valence-corrected chi connectivity index (χ2v) is 5.98. The van der Waals surface area contributed by atoms with Crippen LogP contribution in [0.4, 0.5) is 5.82 Å². The van der Waals surface area contributed by atoms with E-state index in [2.05, 4.69) is 51.7 Å². The standard InChI is InChI=1S/C16H20IN3O/c1-3-5-14-15(18-10-4-2)19-11-20-16(14)21-13-8-6-12(17)7-9-13/h6-9,11H,3-5,10H2,1-2H3,(H,18,19,20). The molecule has 0 bridgehead atoms. The number of nitrogens with zero attached hydrogens (tertiary/aromatic N) is 2. The lowest BCUT2D eigenvalue weighted by Gasteiger charge is -2.14. The van der Waals surface area contributed by atoms with E-state index in [9.17, 15) is 0 Å². The number of halogens is 1. The van der Waals surface area contributed by atoms with Gasteiger partial charge in [-0.05, 0) is 59.7 Å². The van der Waals surface area contributed by atoms with Crippen LogP contribution >= 0.6 is 22.6 Å². The fraction of sp³-hybridized carbons (Fsp3) is 0.375. The summed E-state index contributed by atoms with van der Waals surface area (Å²) in [7, 11) is 0. The molecule has 0 saturated heterocycles. The van der Waals surface area contributed by atoms with Gasteiger partial charge in [0, 0.05) is 10.1 Å². The van der Waals surface area contributed by atoms with Gasteiger partial charge in [-0.3, -0.25) is 0 Å². The van der Waals surface area contributed by atoms with Crippen LogP contribution in [0.15, 0.2) is 30.6 Å². The average molecular weight is 397 g/mol. The minimum absolute atomic E-state index is 0.645. The van der Waals surface area contributed by atoms with Crippen molar-refractivity contribution >= 4 is 28.4 Å². The molecule has 0 fully saturated rings. The zero-order valence-electron chi connectivity index (χ0n) is 12.4. The topological polar surface area (TPSA) is 47.0 Å². The van der Waals surface area contributed by atoms with Crippen molar-refractivity contribution in [3.05, 3.63) is 39.7 Å². The van der Waals surface area contributed by atoms with Crippen LogP contribution in [0.1, 0.15) is 32.3 Å². The van der Waals surface area contributed by atoms with Gasteiger partial charge < -0.3 is 10.1 Å². The Morgan fingerprint density at radius 3 is 2.52 bits per heavy atom. The van der Waals surface area contributed by atoms with Crippen LogP contribution < -0.4 is 10.1 Å². The normalized spacial score (nSPS) is 10.4. The number of nitrogens with one attached hydrogen (secondary N) is 1. The van der Waals surface area contributed by atoms with E-state index in [0.717, 1.165) is 42.9 Å². The molecule has 4 nitrogen and oxygen atoms in total. The van der Waals surface area contributed by atoms with Gasteiger partial charge >= 0.3 is 0 Å². The number of benzene rings is 1. The summed E-state index contributed by atoms with van der Waals surface area (Å²) in [5, 5.41) is 3.35. The molecule has 0 saturated carbocycles. The number of rotatable bonds is 7. The molecule has 5 heteroatoms. The van der Waals surface area contributed by atoms with Crippen molar-refractivity contribution in [2.24, 2.45) is 0 Å². The summed E-state index contributed by atoms with van der Waals surface area (Å²) >= 11 is 2.28. The molecule has 0 spiro atoms. The highest BCUT2D eigenvalue weighted by molar-refractivity contribution is 14.1. The maximum absolute atomic E-state index is 5.94. The van der Waals surface area contributed by atoms with E-state index in [1.165, 1.54) is 3.57 Å². The highest BCUT2D eigenvalue weighted by Crippen LogP contribution is 2.28. The van der Waals surface area contributed by atoms with Crippen molar-refractivity contribution in [3.63, 3.8) is 0 Å². The largest absolute Gasteiger partial charge is 0.439 e. The van der Waals surface area contributed by atoms with E-state index in [-0.39, 0.29) is 0 Å². The molecular formula is C16H20IN3O. The molecule has 21 heavy (non-hydrogen) atoms. The minimum Gasteiger partial charge on any atom is -0.439 e. The van der Waals surface area contributed by atoms with Gasteiger partial charge in [-0.25, -0.2) is 9.97 Å². The molecule has 2 rings (SSSR count). The molecule has 0 aliphatic rings. The van der Waals surface area contributed by atoms with Crippen LogP contribution in [-0.4, -0.2) is 16.5 Å². The molecular weight excluding hydrogens is 377 g/mol. The Hall–Kier alpha value is -1.37. The van der Waals surface area contributed by atoms with Crippen LogP contribution in [0.3, 0.4) is 0 Å². The fourth-order valence-electron chi connectivity index (χ4n) is 1.97. The molecule has 0 amide bonds. The van der Waals surface area contributed by atoms with Gasteiger partial charge in [0.15, 0.2) is 0 Å². The Morgan fingerprint density at radius 2 is 1.86 bits per heavy atom. The molecule has 1 N–H and O–H groups in total. The monoisotopic (exact) mass is 397 g/mol. The van der Waals surface area contributed by atoms with Crippen LogP contribution in [0.2, 0.25) is 0 Å². The minimum atomic E-state index is 0.645. The summed E-state index contributed by atoms with van der Waals surface area (Å²) in [6, 6.07) is 7.96. The van der Waals surface area contributed by atoms with E-state index >= 15 is 0 Å². The second kappa shape index (κ2) is 8.17. The van der Waals surface area contributed by atoms with E-state index in [4.69, 9.17) is 4.74 Å². The molecule has 112 valence electrons. The van der Waals surface area contributed by atoms with Crippen LogP contribution in [0.25, 0.3) is 0 Å². The molecule has 2 aromatic rings.